The third kappa shape index (κ3) is 5.11. The Labute approximate surface area is 175 Å². The van der Waals surface area contributed by atoms with Gasteiger partial charge in [-0.2, -0.15) is 5.10 Å². The molecule has 0 saturated heterocycles. The van der Waals surface area contributed by atoms with Crippen molar-refractivity contribution >= 4 is 11.8 Å². The topological polar surface area (TPSA) is 76.0 Å². The summed E-state index contributed by atoms with van der Waals surface area (Å²) in [7, 11) is 0. The van der Waals surface area contributed by atoms with Crippen molar-refractivity contribution in [1.29, 1.82) is 0 Å². The number of carbonyl (C=O) groups is 2. The van der Waals surface area contributed by atoms with Crippen molar-refractivity contribution in [3.05, 3.63) is 71.7 Å². The molecule has 0 aliphatic carbocycles. The van der Waals surface area contributed by atoms with E-state index in [1.807, 2.05) is 45.0 Å². The molecule has 0 fully saturated rings. The normalized spacial score (nSPS) is 10.8. The molecule has 3 rings (SSSR count). The minimum absolute atomic E-state index is 0.0614. The lowest BCUT2D eigenvalue weighted by Crippen LogP contribution is -2.36. The fourth-order valence-electron chi connectivity index (χ4n) is 2.85. The average molecular weight is 408 g/mol. The maximum Gasteiger partial charge on any atom is 0.255 e. The molecule has 0 atom stereocenters. The number of hydrogen-bond acceptors (Lipinski definition) is 3. The molecule has 0 aliphatic rings. The molecule has 30 heavy (non-hydrogen) atoms. The van der Waals surface area contributed by atoms with Crippen molar-refractivity contribution in [3.63, 3.8) is 0 Å². The Morgan fingerprint density at radius 1 is 1.00 bits per heavy atom. The molecule has 0 bridgehead atoms. The monoisotopic (exact) mass is 408 g/mol. The van der Waals surface area contributed by atoms with Gasteiger partial charge in [-0.3, -0.25) is 9.59 Å². The Morgan fingerprint density at radius 3 is 2.27 bits per heavy atom. The summed E-state index contributed by atoms with van der Waals surface area (Å²) in [5.74, 6) is -0.805. The van der Waals surface area contributed by atoms with E-state index in [0.29, 0.717) is 30.0 Å². The standard InChI is InChI=1S/C23H25FN4O2/c1-15(2)22(29)25-12-13-26-23(30)20-14-28(19-10-8-18(24)9-11-19)27-21(20)17-6-4-16(3)5-7-17/h4-11,14-15H,12-13H2,1-3H3,(H,25,29)(H,26,30). The van der Waals surface area contributed by atoms with E-state index in [2.05, 4.69) is 15.7 Å². The molecule has 2 amide bonds. The molecule has 2 N–H and O–H groups in total. The number of nitrogens with one attached hydrogen (secondary N) is 2. The minimum atomic E-state index is -0.342. The van der Waals surface area contributed by atoms with Crippen molar-refractivity contribution in [2.45, 2.75) is 20.8 Å². The van der Waals surface area contributed by atoms with Crippen LogP contribution in [0.4, 0.5) is 4.39 Å². The number of nitrogens with zero attached hydrogens (tertiary/aromatic N) is 2. The summed E-state index contributed by atoms with van der Waals surface area (Å²) in [6, 6.07) is 13.6. The van der Waals surface area contributed by atoms with Gasteiger partial charge in [0.05, 0.1) is 11.3 Å². The molecular formula is C23H25FN4O2. The first-order valence-corrected chi connectivity index (χ1v) is 9.83. The summed E-state index contributed by atoms with van der Waals surface area (Å²) in [4.78, 5) is 24.5. The molecule has 156 valence electrons. The highest BCUT2D eigenvalue weighted by molar-refractivity contribution is 6.00. The lowest BCUT2D eigenvalue weighted by Gasteiger charge is -2.09. The number of amides is 2. The zero-order valence-electron chi connectivity index (χ0n) is 17.3. The fraction of sp³-hybridized carbons (Fsp3) is 0.261. The van der Waals surface area contributed by atoms with Gasteiger partial charge in [0.1, 0.15) is 11.5 Å². The van der Waals surface area contributed by atoms with E-state index in [1.54, 1.807) is 23.0 Å². The summed E-state index contributed by atoms with van der Waals surface area (Å²) >= 11 is 0. The van der Waals surface area contributed by atoms with E-state index >= 15 is 0 Å². The predicted molar refractivity (Wildman–Crippen MR) is 114 cm³/mol. The third-order valence-corrected chi connectivity index (χ3v) is 4.61. The van der Waals surface area contributed by atoms with Crippen molar-refractivity contribution in [2.24, 2.45) is 5.92 Å². The first kappa shape index (κ1) is 21.2. The molecular weight excluding hydrogens is 383 g/mol. The van der Waals surface area contributed by atoms with Crippen molar-refractivity contribution in [1.82, 2.24) is 20.4 Å². The number of halogens is 1. The highest BCUT2D eigenvalue weighted by atomic mass is 19.1. The van der Waals surface area contributed by atoms with Crippen molar-refractivity contribution in [2.75, 3.05) is 13.1 Å². The quantitative estimate of drug-likeness (QED) is 0.588. The Hall–Kier alpha value is -3.48. The third-order valence-electron chi connectivity index (χ3n) is 4.61. The summed E-state index contributed by atoms with van der Waals surface area (Å²) in [5.41, 5.74) is 3.48. The van der Waals surface area contributed by atoms with Crippen LogP contribution in [0.5, 0.6) is 0 Å². The minimum Gasteiger partial charge on any atom is -0.354 e. The molecule has 2 aromatic carbocycles. The maximum absolute atomic E-state index is 13.3. The first-order chi connectivity index (χ1) is 14.3. The number of aromatic nitrogens is 2. The van der Waals surface area contributed by atoms with E-state index in [0.717, 1.165) is 11.1 Å². The number of aryl methyl sites for hydroxylation is 1. The van der Waals surface area contributed by atoms with Crippen LogP contribution in [0, 0.1) is 18.7 Å². The predicted octanol–water partition coefficient (Wildman–Crippen LogP) is 3.49. The van der Waals surface area contributed by atoms with Crippen LogP contribution in [-0.2, 0) is 4.79 Å². The Bertz CT molecular complexity index is 1020. The summed E-state index contributed by atoms with van der Waals surface area (Å²) in [6.07, 6.45) is 1.63. The van der Waals surface area contributed by atoms with Crippen LogP contribution in [0.3, 0.4) is 0 Å². The number of rotatable bonds is 7. The van der Waals surface area contributed by atoms with Crippen LogP contribution in [0.2, 0.25) is 0 Å². The van der Waals surface area contributed by atoms with E-state index in [9.17, 15) is 14.0 Å². The molecule has 1 heterocycles. The maximum atomic E-state index is 13.3. The van der Waals surface area contributed by atoms with Gasteiger partial charge in [-0.25, -0.2) is 9.07 Å². The average Bonchev–Trinajstić information content (AvgIpc) is 3.17. The van der Waals surface area contributed by atoms with Gasteiger partial charge in [0.25, 0.3) is 5.91 Å². The number of carbonyl (C=O) groups excluding carboxylic acids is 2. The molecule has 1 aromatic heterocycles. The van der Waals surface area contributed by atoms with Crippen LogP contribution in [0.25, 0.3) is 16.9 Å². The fourth-order valence-corrected chi connectivity index (χ4v) is 2.85. The number of hydrogen-bond donors (Lipinski definition) is 2. The smallest absolute Gasteiger partial charge is 0.255 e. The van der Waals surface area contributed by atoms with Gasteiger partial charge in [0.2, 0.25) is 5.91 Å². The van der Waals surface area contributed by atoms with Gasteiger partial charge in [-0.05, 0) is 31.2 Å². The summed E-state index contributed by atoms with van der Waals surface area (Å²) in [5, 5.41) is 10.2. The van der Waals surface area contributed by atoms with Crippen molar-refractivity contribution in [3.8, 4) is 16.9 Å². The number of benzene rings is 2. The van der Waals surface area contributed by atoms with Gasteiger partial charge in [0.15, 0.2) is 0 Å². The Balaban J connectivity index is 1.83. The molecule has 3 aromatic rings. The van der Waals surface area contributed by atoms with Crippen LogP contribution in [0.1, 0.15) is 29.8 Å². The summed E-state index contributed by atoms with van der Waals surface area (Å²) < 4.78 is 14.8. The second-order valence-corrected chi connectivity index (χ2v) is 7.38. The van der Waals surface area contributed by atoms with Crippen LogP contribution in [-0.4, -0.2) is 34.7 Å². The van der Waals surface area contributed by atoms with Gasteiger partial charge in [-0.15, -0.1) is 0 Å². The zero-order chi connectivity index (χ0) is 21.7. The molecule has 6 nitrogen and oxygen atoms in total. The van der Waals surface area contributed by atoms with Crippen LogP contribution in [0.15, 0.2) is 54.7 Å². The van der Waals surface area contributed by atoms with Crippen molar-refractivity contribution < 1.29 is 14.0 Å². The van der Waals surface area contributed by atoms with Crippen LogP contribution >= 0.6 is 0 Å². The lowest BCUT2D eigenvalue weighted by molar-refractivity contribution is -0.123. The largest absolute Gasteiger partial charge is 0.354 e. The summed E-state index contributed by atoms with van der Waals surface area (Å²) in [6.45, 7) is 6.25. The highest BCUT2D eigenvalue weighted by Crippen LogP contribution is 2.24. The molecule has 7 heteroatoms. The molecule has 0 aliphatic heterocycles. The van der Waals surface area contributed by atoms with E-state index in [1.165, 1.54) is 12.1 Å². The van der Waals surface area contributed by atoms with E-state index < -0.39 is 0 Å². The van der Waals surface area contributed by atoms with Gasteiger partial charge in [-0.1, -0.05) is 43.7 Å². The van der Waals surface area contributed by atoms with Crippen LogP contribution < -0.4 is 10.6 Å². The second-order valence-electron chi connectivity index (χ2n) is 7.38. The molecule has 0 unspecified atom stereocenters. The van der Waals surface area contributed by atoms with E-state index in [4.69, 9.17) is 0 Å². The lowest BCUT2D eigenvalue weighted by atomic mass is 10.1. The van der Waals surface area contributed by atoms with Gasteiger partial charge in [0, 0.05) is 30.8 Å². The molecule has 0 radical (unpaired) electrons. The van der Waals surface area contributed by atoms with E-state index in [-0.39, 0.29) is 23.5 Å². The second kappa shape index (κ2) is 9.35. The first-order valence-electron chi connectivity index (χ1n) is 9.83. The Kier molecular flexibility index (Phi) is 6.61. The highest BCUT2D eigenvalue weighted by Gasteiger charge is 2.18. The zero-order valence-corrected chi connectivity index (χ0v) is 17.3. The molecule has 0 saturated carbocycles. The molecule has 0 spiro atoms. The Morgan fingerprint density at radius 2 is 1.63 bits per heavy atom. The SMILES string of the molecule is Cc1ccc(-c2nn(-c3ccc(F)cc3)cc2C(=O)NCCNC(=O)C(C)C)cc1. The van der Waals surface area contributed by atoms with Gasteiger partial charge < -0.3 is 10.6 Å². The van der Waals surface area contributed by atoms with Gasteiger partial charge >= 0.3 is 0 Å².